The van der Waals surface area contributed by atoms with E-state index in [4.69, 9.17) is 4.74 Å². The molecule has 1 aliphatic carbocycles. The van der Waals surface area contributed by atoms with Crippen LogP contribution in [-0.2, 0) is 11.2 Å². The summed E-state index contributed by atoms with van der Waals surface area (Å²) in [7, 11) is 1.22. The van der Waals surface area contributed by atoms with Crippen LogP contribution in [0.3, 0.4) is 0 Å². The molecule has 2 rings (SSSR count). The van der Waals surface area contributed by atoms with Crippen LogP contribution < -0.4 is 4.74 Å². The number of hydrogen-bond donors (Lipinski definition) is 0. The second-order valence-electron chi connectivity index (χ2n) is 8.07. The Hall–Kier alpha value is -1.37. The van der Waals surface area contributed by atoms with Gasteiger partial charge in [0.2, 0.25) is 0 Å². The van der Waals surface area contributed by atoms with E-state index in [1.165, 1.54) is 31.4 Å². The SMILES string of the molecule is CCCCC1CCC(C(F)(F)Oc2ccc(CC(COC)C(F)(F)F)cc2)CC1. The first-order valence-electron chi connectivity index (χ1n) is 10.4. The first kappa shape index (κ1) is 23.9. The van der Waals surface area contributed by atoms with Crippen LogP contribution >= 0.6 is 0 Å². The molecule has 0 radical (unpaired) electrons. The Labute approximate surface area is 169 Å². The quantitative estimate of drug-likeness (QED) is 0.377. The first-order chi connectivity index (χ1) is 13.7. The third-order valence-electron chi connectivity index (χ3n) is 5.78. The van der Waals surface area contributed by atoms with Crippen molar-refractivity contribution in [1.82, 2.24) is 0 Å². The molecule has 1 unspecified atom stereocenters. The van der Waals surface area contributed by atoms with E-state index in [0.717, 1.165) is 32.1 Å². The maximum absolute atomic E-state index is 14.6. The summed E-state index contributed by atoms with van der Waals surface area (Å²) in [5, 5.41) is 0. The molecule has 0 heterocycles. The van der Waals surface area contributed by atoms with Crippen LogP contribution in [0.2, 0.25) is 0 Å². The first-order valence-corrected chi connectivity index (χ1v) is 10.4. The number of methoxy groups -OCH3 is 1. The fourth-order valence-corrected chi connectivity index (χ4v) is 3.97. The zero-order valence-corrected chi connectivity index (χ0v) is 17.1. The number of rotatable bonds is 10. The molecule has 1 atom stereocenters. The van der Waals surface area contributed by atoms with Gasteiger partial charge in [0, 0.05) is 7.11 Å². The predicted molar refractivity (Wildman–Crippen MR) is 102 cm³/mol. The second kappa shape index (κ2) is 10.6. The van der Waals surface area contributed by atoms with Gasteiger partial charge in [0.15, 0.2) is 0 Å². The van der Waals surface area contributed by atoms with Crippen molar-refractivity contribution in [3.8, 4) is 5.75 Å². The van der Waals surface area contributed by atoms with Crippen LogP contribution in [0.4, 0.5) is 22.0 Å². The molecule has 7 heteroatoms. The highest BCUT2D eigenvalue weighted by atomic mass is 19.4. The molecule has 0 bridgehead atoms. The van der Waals surface area contributed by atoms with E-state index >= 15 is 0 Å². The molecule has 1 aromatic rings. The van der Waals surface area contributed by atoms with Crippen molar-refractivity contribution in [1.29, 1.82) is 0 Å². The normalized spacial score (nSPS) is 21.8. The Balaban J connectivity index is 1.91. The number of halogens is 5. The van der Waals surface area contributed by atoms with Gasteiger partial charge in [0.1, 0.15) is 5.75 Å². The monoisotopic (exact) mass is 422 g/mol. The van der Waals surface area contributed by atoms with E-state index < -0.39 is 30.7 Å². The van der Waals surface area contributed by atoms with Gasteiger partial charge < -0.3 is 9.47 Å². The number of ether oxygens (including phenoxy) is 2. The lowest BCUT2D eigenvalue weighted by molar-refractivity contribution is -0.223. The van der Waals surface area contributed by atoms with Gasteiger partial charge in [-0.3, -0.25) is 0 Å². The minimum absolute atomic E-state index is 0.0258. The Kier molecular flexibility index (Phi) is 8.73. The van der Waals surface area contributed by atoms with Crippen molar-refractivity contribution in [2.45, 2.75) is 70.6 Å². The number of benzene rings is 1. The van der Waals surface area contributed by atoms with Gasteiger partial charge >= 0.3 is 12.3 Å². The summed E-state index contributed by atoms with van der Waals surface area (Å²) < 4.78 is 77.7. The summed E-state index contributed by atoms with van der Waals surface area (Å²) in [6.45, 7) is 1.68. The van der Waals surface area contributed by atoms with Gasteiger partial charge in [-0.2, -0.15) is 22.0 Å². The van der Waals surface area contributed by atoms with Gasteiger partial charge in [0.25, 0.3) is 0 Å². The van der Waals surface area contributed by atoms with Crippen molar-refractivity contribution < 1.29 is 31.4 Å². The summed E-state index contributed by atoms with van der Waals surface area (Å²) in [5.41, 5.74) is 0.400. The van der Waals surface area contributed by atoms with Crippen molar-refractivity contribution in [3.05, 3.63) is 29.8 Å². The van der Waals surface area contributed by atoms with Crippen molar-refractivity contribution >= 4 is 0 Å². The number of hydrogen-bond acceptors (Lipinski definition) is 2. The molecule has 1 aliphatic rings. The second-order valence-corrected chi connectivity index (χ2v) is 8.07. The van der Waals surface area contributed by atoms with Gasteiger partial charge in [-0.1, -0.05) is 38.3 Å². The van der Waals surface area contributed by atoms with Crippen molar-refractivity contribution in [3.63, 3.8) is 0 Å². The van der Waals surface area contributed by atoms with E-state index in [1.54, 1.807) is 0 Å². The third-order valence-corrected chi connectivity index (χ3v) is 5.78. The minimum atomic E-state index is -4.38. The summed E-state index contributed by atoms with van der Waals surface area (Å²) in [6.07, 6.45) is -2.13. The lowest BCUT2D eigenvalue weighted by atomic mass is 9.79. The van der Waals surface area contributed by atoms with Crippen LogP contribution in [0.1, 0.15) is 57.4 Å². The number of alkyl halides is 5. The van der Waals surface area contributed by atoms with Gasteiger partial charge in [-0.05, 0) is 55.7 Å². The van der Waals surface area contributed by atoms with Crippen molar-refractivity contribution in [2.75, 3.05) is 13.7 Å². The molecule has 166 valence electrons. The molecule has 0 spiro atoms. The molecule has 0 amide bonds. The Morgan fingerprint density at radius 3 is 2.14 bits per heavy atom. The zero-order valence-electron chi connectivity index (χ0n) is 17.1. The third kappa shape index (κ3) is 7.43. The summed E-state index contributed by atoms with van der Waals surface area (Å²) in [4.78, 5) is 0. The highest BCUT2D eigenvalue weighted by molar-refractivity contribution is 5.28. The van der Waals surface area contributed by atoms with Crippen LogP contribution in [0.15, 0.2) is 24.3 Å². The van der Waals surface area contributed by atoms with Gasteiger partial charge in [-0.25, -0.2) is 0 Å². The Bertz CT molecular complexity index is 592. The Morgan fingerprint density at radius 1 is 1.00 bits per heavy atom. The standard InChI is InChI=1S/C22H31F5O2/c1-3-4-5-16-6-10-18(11-7-16)22(26,27)29-20-12-8-17(9-13-20)14-19(15-28-2)21(23,24)25/h8-9,12-13,16,18-19H,3-7,10-11,14-15H2,1-2H3. The van der Waals surface area contributed by atoms with Gasteiger partial charge in [0.05, 0.1) is 18.4 Å². The molecular weight excluding hydrogens is 391 g/mol. The van der Waals surface area contributed by atoms with E-state index in [2.05, 4.69) is 11.7 Å². The fraction of sp³-hybridized carbons (Fsp3) is 0.727. The average molecular weight is 422 g/mol. The van der Waals surface area contributed by atoms with E-state index in [1.807, 2.05) is 0 Å². The molecule has 2 nitrogen and oxygen atoms in total. The van der Waals surface area contributed by atoms with Crippen LogP contribution in [-0.4, -0.2) is 26.0 Å². The lowest BCUT2D eigenvalue weighted by Crippen LogP contribution is -2.37. The molecule has 1 saturated carbocycles. The number of unbranched alkanes of at least 4 members (excludes halogenated alkanes) is 1. The topological polar surface area (TPSA) is 18.5 Å². The fourth-order valence-electron chi connectivity index (χ4n) is 3.97. The minimum Gasteiger partial charge on any atom is -0.432 e. The molecule has 0 aromatic heterocycles. The maximum Gasteiger partial charge on any atom is 0.400 e. The molecule has 29 heavy (non-hydrogen) atoms. The molecule has 1 aromatic carbocycles. The smallest absolute Gasteiger partial charge is 0.400 e. The summed E-state index contributed by atoms with van der Waals surface area (Å²) in [5.74, 6) is -1.96. The van der Waals surface area contributed by atoms with Crippen LogP contribution in [0.25, 0.3) is 0 Å². The Morgan fingerprint density at radius 2 is 1.62 bits per heavy atom. The summed E-state index contributed by atoms with van der Waals surface area (Å²) >= 11 is 0. The zero-order chi connectivity index (χ0) is 21.5. The molecule has 0 saturated heterocycles. The van der Waals surface area contributed by atoms with Crippen molar-refractivity contribution in [2.24, 2.45) is 17.8 Å². The largest absolute Gasteiger partial charge is 0.432 e. The highest BCUT2D eigenvalue weighted by Gasteiger charge is 2.44. The molecule has 0 aliphatic heterocycles. The van der Waals surface area contributed by atoms with Crippen LogP contribution in [0, 0.1) is 17.8 Å². The summed E-state index contributed by atoms with van der Waals surface area (Å²) in [6, 6.07) is 5.44. The van der Waals surface area contributed by atoms with E-state index in [-0.39, 0.29) is 12.2 Å². The maximum atomic E-state index is 14.6. The van der Waals surface area contributed by atoms with Gasteiger partial charge in [-0.15, -0.1) is 0 Å². The average Bonchev–Trinajstić information content (AvgIpc) is 2.67. The molecule has 1 fully saturated rings. The molecular formula is C22H31F5O2. The van der Waals surface area contributed by atoms with E-state index in [0.29, 0.717) is 24.3 Å². The highest BCUT2D eigenvalue weighted by Crippen LogP contribution is 2.41. The lowest BCUT2D eigenvalue weighted by Gasteiger charge is -2.33. The van der Waals surface area contributed by atoms with Crippen LogP contribution in [0.5, 0.6) is 5.75 Å². The predicted octanol–water partition coefficient (Wildman–Crippen LogP) is 7.02. The molecule has 0 N–H and O–H groups in total. The van der Waals surface area contributed by atoms with E-state index in [9.17, 15) is 22.0 Å².